The molecular weight excluding hydrogens is 308 g/mol. The lowest BCUT2D eigenvalue weighted by atomic mass is 9.78. The van der Waals surface area contributed by atoms with E-state index in [1.165, 1.54) is 0 Å². The van der Waals surface area contributed by atoms with Gasteiger partial charge in [-0.25, -0.2) is 0 Å². The highest BCUT2D eigenvalue weighted by Gasteiger charge is 2.37. The van der Waals surface area contributed by atoms with Gasteiger partial charge in [0.1, 0.15) is 4.32 Å². The molecule has 1 aliphatic rings. The van der Waals surface area contributed by atoms with E-state index in [1.807, 2.05) is 39.8 Å². The number of allylic oxidation sites excluding steroid dienone is 4. The molecule has 14 heavy (non-hydrogen) atoms. The van der Waals surface area contributed by atoms with Crippen LogP contribution >= 0.6 is 31.9 Å². The molecule has 0 radical (unpaired) electrons. The Morgan fingerprint density at radius 2 is 1.86 bits per heavy atom. The van der Waals surface area contributed by atoms with Gasteiger partial charge in [0.05, 0.1) is 0 Å². The summed E-state index contributed by atoms with van der Waals surface area (Å²) in [5, 5.41) is 0. The van der Waals surface area contributed by atoms with Gasteiger partial charge in [-0.05, 0) is 24.5 Å². The Balaban J connectivity index is 3.22. The third-order valence-corrected chi connectivity index (χ3v) is 3.23. The smallest absolute Gasteiger partial charge is 0.179 e. The molecule has 0 aromatic rings. The molecule has 1 nitrogen and oxygen atoms in total. The van der Waals surface area contributed by atoms with E-state index in [-0.39, 0.29) is 11.2 Å². The van der Waals surface area contributed by atoms with Crippen molar-refractivity contribution in [2.45, 2.75) is 32.0 Å². The number of hydrogen-bond donors (Lipinski definition) is 0. The third-order valence-electron chi connectivity index (χ3n) is 2.19. The first kappa shape index (κ1) is 12.2. The van der Waals surface area contributed by atoms with Crippen molar-refractivity contribution in [2.24, 2.45) is 5.41 Å². The second-order valence-electron chi connectivity index (χ2n) is 4.74. The molecule has 0 amide bonds. The summed E-state index contributed by atoms with van der Waals surface area (Å²) in [6.45, 7) is 8.01. The Hall–Kier alpha value is 0.110. The van der Waals surface area contributed by atoms with Gasteiger partial charge >= 0.3 is 0 Å². The molecule has 1 atom stereocenters. The summed E-state index contributed by atoms with van der Waals surface area (Å²) < 4.78 is 0.393. The fraction of sp³-hybridized carbons (Fsp3) is 0.545. The number of halogens is 2. The topological polar surface area (TPSA) is 17.1 Å². The third kappa shape index (κ3) is 2.37. The standard InChI is InChI=1S/C11H14Br2O/c1-10(2,3)8-5-7(12)6-11(4,13)9(8)14/h5-6H,1-4H3. The van der Waals surface area contributed by atoms with E-state index in [0.29, 0.717) is 0 Å². The minimum atomic E-state index is -0.566. The van der Waals surface area contributed by atoms with Crippen LogP contribution in [0.15, 0.2) is 22.2 Å². The van der Waals surface area contributed by atoms with Crippen LogP contribution in [-0.2, 0) is 4.79 Å². The molecule has 0 spiro atoms. The number of alkyl halides is 1. The van der Waals surface area contributed by atoms with Crippen LogP contribution in [0, 0.1) is 5.41 Å². The van der Waals surface area contributed by atoms with Crippen molar-refractivity contribution >= 4 is 37.6 Å². The number of Topliss-reactive ketones (excluding diaryl/α,β-unsaturated/α-hetero) is 1. The van der Waals surface area contributed by atoms with Crippen LogP contribution in [0.4, 0.5) is 0 Å². The SMILES string of the molecule is CC(C)(C)C1=CC(Br)=CC(C)(Br)C1=O. The maximum absolute atomic E-state index is 12.1. The van der Waals surface area contributed by atoms with Gasteiger partial charge in [-0.3, -0.25) is 4.79 Å². The van der Waals surface area contributed by atoms with Crippen molar-refractivity contribution in [3.8, 4) is 0 Å². The van der Waals surface area contributed by atoms with Crippen molar-refractivity contribution < 1.29 is 4.79 Å². The Morgan fingerprint density at radius 1 is 1.36 bits per heavy atom. The lowest BCUT2D eigenvalue weighted by Crippen LogP contribution is -2.34. The number of carbonyl (C=O) groups excluding carboxylic acids is 1. The summed E-state index contributed by atoms with van der Waals surface area (Å²) in [7, 11) is 0. The molecule has 0 bridgehead atoms. The molecule has 0 fully saturated rings. The largest absolute Gasteiger partial charge is 0.293 e. The van der Waals surface area contributed by atoms with E-state index >= 15 is 0 Å². The van der Waals surface area contributed by atoms with Gasteiger partial charge in [0, 0.05) is 10.1 Å². The average Bonchev–Trinajstić information content (AvgIpc) is 1.93. The molecule has 0 aromatic heterocycles. The number of hydrogen-bond acceptors (Lipinski definition) is 1. The van der Waals surface area contributed by atoms with Crippen LogP contribution < -0.4 is 0 Å². The highest BCUT2D eigenvalue weighted by Crippen LogP contribution is 2.39. The predicted octanol–water partition coefficient (Wildman–Crippen LogP) is 3.97. The van der Waals surface area contributed by atoms with Crippen LogP contribution in [0.2, 0.25) is 0 Å². The molecule has 3 heteroatoms. The molecular formula is C11H14Br2O. The number of rotatable bonds is 0. The first-order valence-corrected chi connectivity index (χ1v) is 6.07. The van der Waals surface area contributed by atoms with Crippen molar-refractivity contribution in [3.63, 3.8) is 0 Å². The van der Waals surface area contributed by atoms with E-state index in [1.54, 1.807) is 0 Å². The fourth-order valence-corrected chi connectivity index (χ4v) is 2.84. The summed E-state index contributed by atoms with van der Waals surface area (Å²) in [5.74, 6) is 0.146. The normalized spacial score (nSPS) is 28.6. The summed E-state index contributed by atoms with van der Waals surface area (Å²) in [6, 6.07) is 0. The zero-order valence-corrected chi connectivity index (χ0v) is 12.0. The lowest BCUT2D eigenvalue weighted by Gasteiger charge is -2.30. The van der Waals surface area contributed by atoms with Gasteiger partial charge < -0.3 is 0 Å². The van der Waals surface area contributed by atoms with Crippen molar-refractivity contribution in [1.29, 1.82) is 0 Å². The second kappa shape index (κ2) is 3.60. The van der Waals surface area contributed by atoms with Crippen LogP contribution in [0.1, 0.15) is 27.7 Å². The van der Waals surface area contributed by atoms with Gasteiger partial charge in [0.2, 0.25) is 0 Å². The van der Waals surface area contributed by atoms with Gasteiger partial charge in [-0.15, -0.1) is 0 Å². The zero-order valence-electron chi connectivity index (χ0n) is 8.82. The first-order valence-electron chi connectivity index (χ1n) is 4.49. The summed E-state index contributed by atoms with van der Waals surface area (Å²) in [4.78, 5) is 12.1. The Labute approximate surface area is 102 Å². The predicted molar refractivity (Wildman–Crippen MR) is 66.9 cm³/mol. The highest BCUT2D eigenvalue weighted by atomic mass is 79.9. The second-order valence-corrected chi connectivity index (χ2v) is 7.30. The molecule has 0 saturated carbocycles. The Morgan fingerprint density at radius 3 is 2.29 bits per heavy atom. The maximum atomic E-state index is 12.1. The van der Waals surface area contributed by atoms with Gasteiger partial charge in [-0.1, -0.05) is 52.6 Å². The maximum Gasteiger partial charge on any atom is 0.179 e. The van der Waals surface area contributed by atoms with E-state index in [2.05, 4.69) is 31.9 Å². The Bertz CT molecular complexity index is 330. The van der Waals surface area contributed by atoms with Gasteiger partial charge in [0.25, 0.3) is 0 Å². The summed E-state index contributed by atoms with van der Waals surface area (Å²) >= 11 is 6.86. The van der Waals surface area contributed by atoms with Crippen LogP contribution in [0.5, 0.6) is 0 Å². The number of ketones is 1. The highest BCUT2D eigenvalue weighted by molar-refractivity contribution is 9.12. The summed E-state index contributed by atoms with van der Waals surface area (Å²) in [6.07, 6.45) is 3.79. The minimum Gasteiger partial charge on any atom is -0.293 e. The fourth-order valence-electron chi connectivity index (χ4n) is 1.39. The van der Waals surface area contributed by atoms with E-state index in [9.17, 15) is 4.79 Å². The van der Waals surface area contributed by atoms with E-state index < -0.39 is 4.32 Å². The summed E-state index contributed by atoms with van der Waals surface area (Å²) in [5.41, 5.74) is 0.741. The molecule has 0 aromatic carbocycles. The molecule has 1 rings (SSSR count). The van der Waals surface area contributed by atoms with E-state index in [4.69, 9.17) is 0 Å². The van der Waals surface area contributed by atoms with Gasteiger partial charge in [-0.2, -0.15) is 0 Å². The monoisotopic (exact) mass is 320 g/mol. The van der Waals surface area contributed by atoms with Crippen molar-refractivity contribution in [2.75, 3.05) is 0 Å². The molecule has 0 saturated heterocycles. The Kier molecular flexibility index (Phi) is 3.13. The molecule has 1 unspecified atom stereocenters. The molecule has 0 heterocycles. The molecule has 0 N–H and O–H groups in total. The first-order chi connectivity index (χ1) is 6.14. The quantitative estimate of drug-likeness (QED) is 0.617. The van der Waals surface area contributed by atoms with E-state index in [0.717, 1.165) is 10.1 Å². The average molecular weight is 322 g/mol. The van der Waals surface area contributed by atoms with Crippen molar-refractivity contribution in [1.82, 2.24) is 0 Å². The lowest BCUT2D eigenvalue weighted by molar-refractivity contribution is -0.117. The van der Waals surface area contributed by atoms with Gasteiger partial charge in [0.15, 0.2) is 5.78 Å². The zero-order chi connectivity index (χ0) is 11.1. The number of carbonyl (C=O) groups is 1. The van der Waals surface area contributed by atoms with Crippen LogP contribution in [0.3, 0.4) is 0 Å². The van der Waals surface area contributed by atoms with Crippen molar-refractivity contribution in [3.05, 3.63) is 22.2 Å². The molecule has 0 aliphatic heterocycles. The minimum absolute atomic E-state index is 0.112. The van der Waals surface area contributed by atoms with Crippen LogP contribution in [-0.4, -0.2) is 10.1 Å². The molecule has 1 aliphatic carbocycles. The van der Waals surface area contributed by atoms with Crippen LogP contribution in [0.25, 0.3) is 0 Å². The molecule has 78 valence electrons.